The molecule has 1 saturated heterocycles. The first-order valence-electron chi connectivity index (χ1n) is 10.5. The molecule has 0 saturated carbocycles. The van der Waals surface area contributed by atoms with Gasteiger partial charge < -0.3 is 9.64 Å². The van der Waals surface area contributed by atoms with Gasteiger partial charge in [0.15, 0.2) is 0 Å². The van der Waals surface area contributed by atoms with Crippen LogP contribution in [0.4, 0.5) is 0 Å². The molecule has 29 heavy (non-hydrogen) atoms. The van der Waals surface area contributed by atoms with E-state index < -0.39 is 0 Å². The number of methoxy groups -OCH3 is 1. The summed E-state index contributed by atoms with van der Waals surface area (Å²) in [6.45, 7) is 7.20. The molecule has 1 heterocycles. The van der Waals surface area contributed by atoms with Crippen LogP contribution in [-0.2, 0) is 17.9 Å². The van der Waals surface area contributed by atoms with Gasteiger partial charge in [0.25, 0.3) is 0 Å². The minimum Gasteiger partial charge on any atom is -0.497 e. The van der Waals surface area contributed by atoms with Gasteiger partial charge in [0.1, 0.15) is 5.75 Å². The fourth-order valence-corrected chi connectivity index (χ4v) is 4.02. The van der Waals surface area contributed by atoms with Gasteiger partial charge in [-0.05, 0) is 36.2 Å². The van der Waals surface area contributed by atoms with Crippen molar-refractivity contribution in [2.45, 2.75) is 32.5 Å². The lowest BCUT2D eigenvalue weighted by molar-refractivity contribution is -0.132. The molecule has 0 bridgehead atoms. The van der Waals surface area contributed by atoms with E-state index in [1.165, 1.54) is 5.56 Å². The highest BCUT2D eigenvalue weighted by Gasteiger charge is 2.28. The van der Waals surface area contributed by atoms with Gasteiger partial charge in [-0.25, -0.2) is 0 Å². The van der Waals surface area contributed by atoms with E-state index in [-0.39, 0.29) is 5.91 Å². The highest BCUT2D eigenvalue weighted by Crippen LogP contribution is 2.19. The summed E-state index contributed by atoms with van der Waals surface area (Å²) in [4.78, 5) is 19.5. The second-order valence-corrected chi connectivity index (χ2v) is 7.83. The molecule has 0 N–H and O–H groups in total. The van der Waals surface area contributed by atoms with Crippen LogP contribution in [0.2, 0.25) is 0 Å². The van der Waals surface area contributed by atoms with Gasteiger partial charge in [0.2, 0.25) is 5.91 Å². The van der Waals surface area contributed by atoms with Crippen LogP contribution < -0.4 is 4.74 Å². The summed E-state index contributed by atoms with van der Waals surface area (Å²) in [6.07, 6.45) is 1.12. The van der Waals surface area contributed by atoms with Crippen LogP contribution in [0.5, 0.6) is 5.75 Å². The van der Waals surface area contributed by atoms with Crippen LogP contribution in [0.3, 0.4) is 0 Å². The standard InChI is InChI=1S/C24H33N3O2/c1-4-27(22-13-14-26(18-22)17-20-9-6-5-7-10-20)19-24(28)25(2)16-21-11-8-12-23(15-21)29-3/h5-12,15,22H,4,13-14,16-19H2,1-3H3/t22-/m1/s1. The third-order valence-electron chi connectivity index (χ3n) is 5.74. The molecule has 1 aliphatic rings. The van der Waals surface area contributed by atoms with Gasteiger partial charge in [0.05, 0.1) is 13.7 Å². The molecule has 0 spiro atoms. The molecule has 0 aliphatic carbocycles. The lowest BCUT2D eigenvalue weighted by atomic mass is 10.2. The summed E-state index contributed by atoms with van der Waals surface area (Å²) >= 11 is 0. The number of likely N-dealkylation sites (tertiary alicyclic amines) is 1. The van der Waals surface area contributed by atoms with Crippen LogP contribution in [0, 0.1) is 0 Å². The highest BCUT2D eigenvalue weighted by molar-refractivity contribution is 5.78. The SMILES string of the molecule is CCN(CC(=O)N(C)Cc1cccc(OC)c1)[C@@H]1CCN(Cc2ccccc2)C1. The summed E-state index contributed by atoms with van der Waals surface area (Å²) in [5.74, 6) is 0.985. The average Bonchev–Trinajstić information content (AvgIpc) is 3.20. The largest absolute Gasteiger partial charge is 0.497 e. The van der Waals surface area contributed by atoms with Gasteiger partial charge in [-0.2, -0.15) is 0 Å². The van der Waals surface area contributed by atoms with Crippen molar-refractivity contribution in [3.8, 4) is 5.75 Å². The van der Waals surface area contributed by atoms with E-state index in [2.05, 4.69) is 47.1 Å². The molecular formula is C24H33N3O2. The van der Waals surface area contributed by atoms with E-state index in [1.54, 1.807) is 7.11 Å². The predicted octanol–water partition coefficient (Wildman–Crippen LogP) is 3.25. The number of benzene rings is 2. The maximum Gasteiger partial charge on any atom is 0.236 e. The van der Waals surface area contributed by atoms with Crippen molar-refractivity contribution in [3.63, 3.8) is 0 Å². The van der Waals surface area contributed by atoms with Crippen molar-refractivity contribution in [2.24, 2.45) is 0 Å². The van der Waals surface area contributed by atoms with E-state index in [1.807, 2.05) is 36.2 Å². The molecule has 0 aromatic heterocycles. The first-order valence-corrected chi connectivity index (χ1v) is 10.5. The molecule has 0 radical (unpaired) electrons. The number of rotatable bonds is 9. The average molecular weight is 396 g/mol. The number of hydrogen-bond donors (Lipinski definition) is 0. The molecule has 2 aromatic carbocycles. The lowest BCUT2D eigenvalue weighted by Crippen LogP contribution is -2.44. The first-order chi connectivity index (χ1) is 14.1. The molecule has 156 valence electrons. The normalized spacial score (nSPS) is 16.9. The first kappa shape index (κ1) is 21.3. The second kappa shape index (κ2) is 10.4. The number of carbonyl (C=O) groups is 1. The maximum atomic E-state index is 12.8. The van der Waals surface area contributed by atoms with E-state index in [0.29, 0.717) is 19.1 Å². The Balaban J connectivity index is 1.51. The van der Waals surface area contributed by atoms with Crippen molar-refractivity contribution >= 4 is 5.91 Å². The highest BCUT2D eigenvalue weighted by atomic mass is 16.5. The number of ether oxygens (including phenoxy) is 1. The Morgan fingerprint density at radius 2 is 1.90 bits per heavy atom. The van der Waals surface area contributed by atoms with E-state index in [9.17, 15) is 4.79 Å². The van der Waals surface area contributed by atoms with Crippen molar-refractivity contribution in [3.05, 3.63) is 65.7 Å². The Morgan fingerprint density at radius 1 is 1.14 bits per heavy atom. The van der Waals surface area contributed by atoms with Crippen LogP contribution in [-0.4, -0.2) is 67.0 Å². The van der Waals surface area contributed by atoms with Gasteiger partial charge in [-0.15, -0.1) is 0 Å². The molecule has 3 rings (SSSR count). The minimum atomic E-state index is 0.163. The van der Waals surface area contributed by atoms with Crippen LogP contribution in [0.15, 0.2) is 54.6 Å². The third-order valence-corrected chi connectivity index (χ3v) is 5.74. The smallest absolute Gasteiger partial charge is 0.236 e. The summed E-state index contributed by atoms with van der Waals surface area (Å²) in [6, 6.07) is 19.0. The second-order valence-electron chi connectivity index (χ2n) is 7.83. The Hall–Kier alpha value is -2.37. The zero-order valence-electron chi connectivity index (χ0n) is 17.9. The summed E-state index contributed by atoms with van der Waals surface area (Å²) in [5, 5.41) is 0. The Bertz CT molecular complexity index is 781. The summed E-state index contributed by atoms with van der Waals surface area (Å²) in [7, 11) is 3.54. The minimum absolute atomic E-state index is 0.163. The quantitative estimate of drug-likeness (QED) is 0.653. The Morgan fingerprint density at radius 3 is 2.62 bits per heavy atom. The molecule has 1 atom stereocenters. The molecule has 2 aromatic rings. The summed E-state index contributed by atoms with van der Waals surface area (Å²) in [5.41, 5.74) is 2.43. The van der Waals surface area contributed by atoms with E-state index in [4.69, 9.17) is 4.74 Å². The number of carbonyl (C=O) groups excluding carboxylic acids is 1. The predicted molar refractivity (Wildman–Crippen MR) is 117 cm³/mol. The molecule has 5 nitrogen and oxygen atoms in total. The Kier molecular flexibility index (Phi) is 7.67. The van der Waals surface area contributed by atoms with Crippen molar-refractivity contribution in [1.29, 1.82) is 0 Å². The zero-order valence-corrected chi connectivity index (χ0v) is 17.9. The van der Waals surface area contributed by atoms with Gasteiger partial charge in [-0.3, -0.25) is 14.6 Å². The van der Waals surface area contributed by atoms with Crippen LogP contribution in [0.25, 0.3) is 0 Å². The van der Waals surface area contributed by atoms with E-state index >= 15 is 0 Å². The number of nitrogens with zero attached hydrogens (tertiary/aromatic N) is 3. The van der Waals surface area contributed by atoms with Crippen molar-refractivity contribution < 1.29 is 9.53 Å². The summed E-state index contributed by atoms with van der Waals surface area (Å²) < 4.78 is 5.28. The topological polar surface area (TPSA) is 36.0 Å². The van der Waals surface area contributed by atoms with E-state index in [0.717, 1.165) is 43.9 Å². The molecule has 1 aliphatic heterocycles. The van der Waals surface area contributed by atoms with Gasteiger partial charge in [-0.1, -0.05) is 49.4 Å². The lowest BCUT2D eigenvalue weighted by Gasteiger charge is -2.29. The fraction of sp³-hybridized carbons (Fsp3) is 0.458. The molecule has 5 heteroatoms. The molecule has 0 unspecified atom stereocenters. The van der Waals surface area contributed by atoms with Crippen molar-refractivity contribution in [2.75, 3.05) is 40.3 Å². The van der Waals surface area contributed by atoms with Crippen molar-refractivity contribution in [1.82, 2.24) is 14.7 Å². The fourth-order valence-electron chi connectivity index (χ4n) is 4.02. The van der Waals surface area contributed by atoms with Gasteiger partial charge in [0, 0.05) is 39.3 Å². The number of likely N-dealkylation sites (N-methyl/N-ethyl adjacent to an activating group) is 2. The maximum absolute atomic E-state index is 12.8. The van der Waals surface area contributed by atoms with Gasteiger partial charge >= 0.3 is 0 Å². The zero-order chi connectivity index (χ0) is 20.6. The third kappa shape index (κ3) is 6.05. The molecule has 1 fully saturated rings. The van der Waals surface area contributed by atoms with Crippen LogP contribution >= 0.6 is 0 Å². The number of hydrogen-bond acceptors (Lipinski definition) is 4. The number of amides is 1. The molecule has 1 amide bonds. The molecular weight excluding hydrogens is 362 g/mol. The Labute approximate surface area is 174 Å². The monoisotopic (exact) mass is 395 g/mol. The van der Waals surface area contributed by atoms with Crippen LogP contribution in [0.1, 0.15) is 24.5 Å².